The first-order valence-electron chi connectivity index (χ1n) is 4.49. The lowest BCUT2D eigenvalue weighted by molar-refractivity contribution is -0.152. The zero-order chi connectivity index (χ0) is 11.6. The van der Waals surface area contributed by atoms with Crippen molar-refractivity contribution in [2.45, 2.75) is 13.8 Å². The number of amides is 2. The number of hydrogen-bond acceptors (Lipinski definition) is 4. The van der Waals surface area contributed by atoms with Gasteiger partial charge < -0.3 is 5.11 Å². The number of imide groups is 1. The second-order valence-corrected chi connectivity index (χ2v) is 5.04. The quantitative estimate of drug-likeness (QED) is 0.702. The molecule has 0 unspecified atom stereocenters. The third kappa shape index (κ3) is 2.71. The van der Waals surface area contributed by atoms with Crippen LogP contribution < -0.4 is 0 Å². The molecule has 0 atom stereocenters. The molecular weight excluding hydrogens is 218 g/mol. The molecule has 6 heteroatoms. The third-order valence-electron chi connectivity index (χ3n) is 2.19. The molecule has 1 heterocycles. The topological polar surface area (TPSA) is 74.7 Å². The number of hydrogen-bond donors (Lipinski definition) is 1. The molecule has 0 spiro atoms. The van der Waals surface area contributed by atoms with Gasteiger partial charge in [0.05, 0.1) is 16.9 Å². The first kappa shape index (κ1) is 12.0. The summed E-state index contributed by atoms with van der Waals surface area (Å²) in [5, 5.41) is 8.89. The van der Waals surface area contributed by atoms with Crippen LogP contribution in [-0.2, 0) is 14.4 Å². The zero-order valence-electron chi connectivity index (χ0n) is 8.65. The summed E-state index contributed by atoms with van der Waals surface area (Å²) in [7, 11) is 0. The molecular formula is C9H13NO4S. The first-order chi connectivity index (χ1) is 6.84. The Morgan fingerprint density at radius 3 is 2.27 bits per heavy atom. The number of carbonyl (C=O) groups is 3. The highest BCUT2D eigenvalue weighted by Crippen LogP contribution is 2.21. The van der Waals surface area contributed by atoms with Crippen LogP contribution in [0.2, 0.25) is 0 Å². The van der Waals surface area contributed by atoms with E-state index in [-0.39, 0.29) is 29.9 Å². The van der Waals surface area contributed by atoms with Crippen molar-refractivity contribution in [3.8, 4) is 0 Å². The standard InChI is InChI=1S/C9H13NO4S/c1-9(2,8(13)14)5-10-6(11)3-15-4-7(10)12/h3-5H2,1-2H3,(H,13,14). The molecule has 15 heavy (non-hydrogen) atoms. The van der Waals surface area contributed by atoms with Gasteiger partial charge >= 0.3 is 5.97 Å². The summed E-state index contributed by atoms with van der Waals surface area (Å²) in [5.74, 6) is -1.11. The van der Waals surface area contributed by atoms with Crippen molar-refractivity contribution in [2.75, 3.05) is 18.1 Å². The Morgan fingerprint density at radius 1 is 1.40 bits per heavy atom. The molecule has 1 saturated heterocycles. The Labute approximate surface area is 91.8 Å². The fourth-order valence-corrected chi connectivity index (χ4v) is 1.92. The third-order valence-corrected chi connectivity index (χ3v) is 3.09. The molecule has 1 aliphatic heterocycles. The smallest absolute Gasteiger partial charge is 0.310 e. The number of nitrogens with zero attached hydrogens (tertiary/aromatic N) is 1. The molecule has 0 radical (unpaired) electrons. The first-order valence-corrected chi connectivity index (χ1v) is 5.64. The molecule has 84 valence electrons. The second kappa shape index (κ2) is 4.22. The van der Waals surface area contributed by atoms with Gasteiger partial charge in [-0.25, -0.2) is 0 Å². The van der Waals surface area contributed by atoms with Gasteiger partial charge in [0.25, 0.3) is 0 Å². The zero-order valence-corrected chi connectivity index (χ0v) is 9.47. The number of carboxylic acid groups (broad SMARTS) is 1. The van der Waals surface area contributed by atoms with Gasteiger partial charge in [-0.3, -0.25) is 19.3 Å². The molecule has 1 aliphatic rings. The van der Waals surface area contributed by atoms with E-state index in [2.05, 4.69) is 0 Å². The Balaban J connectivity index is 2.75. The fourth-order valence-electron chi connectivity index (χ4n) is 1.16. The van der Waals surface area contributed by atoms with E-state index in [9.17, 15) is 14.4 Å². The average Bonchev–Trinajstić information content (AvgIpc) is 2.11. The van der Waals surface area contributed by atoms with Crippen molar-refractivity contribution >= 4 is 29.5 Å². The van der Waals surface area contributed by atoms with Crippen LogP contribution in [0.1, 0.15) is 13.8 Å². The lowest BCUT2D eigenvalue weighted by Crippen LogP contribution is -2.49. The maximum absolute atomic E-state index is 11.4. The summed E-state index contributed by atoms with van der Waals surface area (Å²) in [6.07, 6.45) is 0. The van der Waals surface area contributed by atoms with Crippen LogP contribution in [-0.4, -0.2) is 45.8 Å². The summed E-state index contributed by atoms with van der Waals surface area (Å²) in [4.78, 5) is 34.7. The molecule has 0 aliphatic carbocycles. The van der Waals surface area contributed by atoms with E-state index in [1.807, 2.05) is 0 Å². The second-order valence-electron chi connectivity index (χ2n) is 4.06. The van der Waals surface area contributed by atoms with E-state index in [1.165, 1.54) is 25.6 Å². The van der Waals surface area contributed by atoms with E-state index >= 15 is 0 Å². The van der Waals surface area contributed by atoms with Crippen molar-refractivity contribution in [1.82, 2.24) is 4.90 Å². The van der Waals surface area contributed by atoms with E-state index in [0.29, 0.717) is 0 Å². The predicted octanol–water partition coefficient (Wildman–Crippen LogP) is 0.199. The van der Waals surface area contributed by atoms with Gasteiger partial charge in [0.15, 0.2) is 0 Å². The maximum atomic E-state index is 11.4. The predicted molar refractivity (Wildman–Crippen MR) is 55.5 cm³/mol. The largest absolute Gasteiger partial charge is 0.481 e. The van der Waals surface area contributed by atoms with Crippen LogP contribution in [0, 0.1) is 5.41 Å². The molecule has 1 rings (SSSR count). The monoisotopic (exact) mass is 231 g/mol. The van der Waals surface area contributed by atoms with Crippen molar-refractivity contribution in [3.63, 3.8) is 0 Å². The van der Waals surface area contributed by atoms with E-state index in [1.54, 1.807) is 0 Å². The SMILES string of the molecule is CC(C)(CN1C(=O)CSCC1=O)C(=O)O. The molecule has 5 nitrogen and oxygen atoms in total. The lowest BCUT2D eigenvalue weighted by Gasteiger charge is -2.30. The number of thioether (sulfide) groups is 1. The maximum Gasteiger partial charge on any atom is 0.310 e. The van der Waals surface area contributed by atoms with Crippen LogP contribution in [0.15, 0.2) is 0 Å². The van der Waals surface area contributed by atoms with Gasteiger partial charge in [-0.05, 0) is 13.8 Å². The Bertz CT molecular complexity index is 297. The van der Waals surface area contributed by atoms with Gasteiger partial charge in [0, 0.05) is 6.54 Å². The lowest BCUT2D eigenvalue weighted by atomic mass is 9.93. The van der Waals surface area contributed by atoms with Crippen molar-refractivity contribution < 1.29 is 19.5 Å². The van der Waals surface area contributed by atoms with Gasteiger partial charge in [0.2, 0.25) is 11.8 Å². The van der Waals surface area contributed by atoms with Crippen molar-refractivity contribution in [1.29, 1.82) is 0 Å². The van der Waals surface area contributed by atoms with E-state index < -0.39 is 11.4 Å². The summed E-state index contributed by atoms with van der Waals surface area (Å²) in [6, 6.07) is 0. The van der Waals surface area contributed by atoms with Gasteiger partial charge in [0.1, 0.15) is 0 Å². The van der Waals surface area contributed by atoms with Crippen molar-refractivity contribution in [2.24, 2.45) is 5.41 Å². The van der Waals surface area contributed by atoms with Gasteiger partial charge in [-0.15, -0.1) is 11.8 Å². The number of carboxylic acids is 1. The molecule has 0 saturated carbocycles. The summed E-state index contributed by atoms with van der Waals surface area (Å²) >= 11 is 1.26. The molecule has 0 aromatic carbocycles. The number of rotatable bonds is 3. The van der Waals surface area contributed by atoms with E-state index in [0.717, 1.165) is 4.90 Å². The van der Waals surface area contributed by atoms with Gasteiger partial charge in [-0.2, -0.15) is 0 Å². The highest BCUT2D eigenvalue weighted by atomic mass is 32.2. The molecule has 0 aromatic rings. The van der Waals surface area contributed by atoms with Crippen LogP contribution >= 0.6 is 11.8 Å². The summed E-state index contributed by atoms with van der Waals surface area (Å²) in [6.45, 7) is 2.94. The molecule has 0 bridgehead atoms. The minimum absolute atomic E-state index is 0.0550. The average molecular weight is 231 g/mol. The van der Waals surface area contributed by atoms with Crippen LogP contribution in [0.4, 0.5) is 0 Å². The number of aliphatic carboxylic acids is 1. The van der Waals surface area contributed by atoms with E-state index in [4.69, 9.17) is 5.11 Å². The Hall–Kier alpha value is -1.04. The van der Waals surface area contributed by atoms with Gasteiger partial charge in [-0.1, -0.05) is 0 Å². The summed E-state index contributed by atoms with van der Waals surface area (Å²) in [5.41, 5.74) is -1.09. The summed E-state index contributed by atoms with van der Waals surface area (Å²) < 4.78 is 0. The molecule has 1 N–H and O–H groups in total. The van der Waals surface area contributed by atoms with Crippen LogP contribution in [0.5, 0.6) is 0 Å². The van der Waals surface area contributed by atoms with Crippen LogP contribution in [0.25, 0.3) is 0 Å². The van der Waals surface area contributed by atoms with Crippen LogP contribution in [0.3, 0.4) is 0 Å². The van der Waals surface area contributed by atoms with Crippen molar-refractivity contribution in [3.05, 3.63) is 0 Å². The number of carbonyl (C=O) groups excluding carboxylic acids is 2. The fraction of sp³-hybridized carbons (Fsp3) is 0.667. The highest BCUT2D eigenvalue weighted by Gasteiger charge is 2.36. The normalized spacial score (nSPS) is 18.1. The molecule has 2 amide bonds. The Kier molecular flexibility index (Phi) is 3.38. The Morgan fingerprint density at radius 2 is 1.87 bits per heavy atom. The highest BCUT2D eigenvalue weighted by molar-refractivity contribution is 8.00. The minimum Gasteiger partial charge on any atom is -0.481 e. The molecule has 1 fully saturated rings. The minimum atomic E-state index is -1.09. The molecule has 0 aromatic heterocycles.